The Balaban J connectivity index is 1.69. The van der Waals surface area contributed by atoms with Crippen molar-refractivity contribution in [2.24, 2.45) is 0 Å². The number of ether oxygens (including phenoxy) is 2. The van der Waals surface area contributed by atoms with Crippen LogP contribution in [-0.4, -0.2) is 33.3 Å². The lowest BCUT2D eigenvalue weighted by atomic mass is 9.89. The van der Waals surface area contributed by atoms with E-state index in [0.717, 1.165) is 67.8 Å². The molecular weight excluding hydrogens is 484 g/mol. The smallest absolute Gasteiger partial charge is 0.337 e. The summed E-state index contributed by atoms with van der Waals surface area (Å²) in [5.41, 5.74) is 5.62. The second-order valence-corrected chi connectivity index (χ2v) is 12.2. The molecule has 2 aliphatic rings. The van der Waals surface area contributed by atoms with Crippen LogP contribution in [0.1, 0.15) is 80.2 Å². The largest absolute Gasteiger partial charge is 0.493 e. The van der Waals surface area contributed by atoms with Crippen molar-refractivity contribution < 1.29 is 19.4 Å². The van der Waals surface area contributed by atoms with Gasteiger partial charge < -0.3 is 14.6 Å². The van der Waals surface area contributed by atoms with E-state index in [1.807, 2.05) is 52.1 Å². The number of thiazole rings is 1. The first-order chi connectivity index (χ1) is 17.7. The molecule has 0 bridgehead atoms. The van der Waals surface area contributed by atoms with Crippen LogP contribution in [0.5, 0.6) is 5.75 Å². The molecule has 1 atom stereocenters. The Morgan fingerprint density at radius 2 is 2.00 bits per heavy atom. The van der Waals surface area contributed by atoms with Gasteiger partial charge in [-0.3, -0.25) is 4.98 Å². The fourth-order valence-electron chi connectivity index (χ4n) is 5.87. The predicted octanol–water partition coefficient (Wildman–Crippen LogP) is 7.35. The Labute approximate surface area is 220 Å². The van der Waals surface area contributed by atoms with Gasteiger partial charge in [0.15, 0.2) is 6.10 Å². The molecule has 2 aromatic heterocycles. The van der Waals surface area contributed by atoms with Gasteiger partial charge in [0, 0.05) is 40.6 Å². The number of aliphatic carboxylic acids is 1. The lowest BCUT2D eigenvalue weighted by molar-refractivity contribution is -0.160. The zero-order valence-corrected chi connectivity index (χ0v) is 22.6. The Hall–Kier alpha value is -3.03. The van der Waals surface area contributed by atoms with Gasteiger partial charge in [0.05, 0.1) is 32.9 Å². The van der Waals surface area contributed by atoms with Gasteiger partial charge in [0.25, 0.3) is 0 Å². The molecule has 4 aromatic rings. The molecule has 0 saturated heterocycles. The van der Waals surface area contributed by atoms with E-state index in [1.165, 1.54) is 18.4 Å². The van der Waals surface area contributed by atoms with Crippen molar-refractivity contribution in [3.05, 3.63) is 52.2 Å². The third-order valence-corrected chi connectivity index (χ3v) is 8.70. The van der Waals surface area contributed by atoms with Gasteiger partial charge in [-0.05, 0) is 75.9 Å². The minimum absolute atomic E-state index is 0.470. The highest BCUT2D eigenvalue weighted by molar-refractivity contribution is 7.19. The van der Waals surface area contributed by atoms with Crippen molar-refractivity contribution in [1.29, 1.82) is 0 Å². The quantitative estimate of drug-likeness (QED) is 0.299. The second-order valence-electron chi connectivity index (χ2n) is 11.2. The Morgan fingerprint density at radius 1 is 1.22 bits per heavy atom. The van der Waals surface area contributed by atoms with Gasteiger partial charge in [-0.2, -0.15) is 0 Å². The Kier molecular flexibility index (Phi) is 5.96. The number of hydrogen-bond donors (Lipinski definition) is 1. The van der Waals surface area contributed by atoms with Crippen molar-refractivity contribution in [2.45, 2.75) is 77.4 Å². The molecule has 1 saturated carbocycles. The minimum Gasteiger partial charge on any atom is -0.493 e. The minimum atomic E-state index is -1.13. The summed E-state index contributed by atoms with van der Waals surface area (Å²) in [5, 5.41) is 12.6. The summed E-state index contributed by atoms with van der Waals surface area (Å²) in [4.78, 5) is 22.6. The lowest BCUT2D eigenvalue weighted by Gasteiger charge is -2.28. The van der Waals surface area contributed by atoms with Gasteiger partial charge >= 0.3 is 5.97 Å². The fraction of sp³-hybridized carbons (Fsp3) is 0.433. The van der Waals surface area contributed by atoms with E-state index in [1.54, 1.807) is 11.3 Å². The number of pyridine rings is 1. The predicted molar refractivity (Wildman–Crippen MR) is 147 cm³/mol. The molecule has 2 aromatic carbocycles. The summed E-state index contributed by atoms with van der Waals surface area (Å²) in [7, 11) is 0. The topological polar surface area (TPSA) is 81.5 Å². The third-order valence-electron chi connectivity index (χ3n) is 7.45. The molecule has 192 valence electrons. The van der Waals surface area contributed by atoms with E-state index in [4.69, 9.17) is 19.4 Å². The lowest BCUT2D eigenvalue weighted by Crippen LogP contribution is -2.28. The molecule has 3 heterocycles. The number of rotatable bonds is 5. The number of hydrogen-bond acceptors (Lipinski definition) is 6. The van der Waals surface area contributed by atoms with E-state index in [9.17, 15) is 9.90 Å². The highest BCUT2D eigenvalue weighted by atomic mass is 32.1. The summed E-state index contributed by atoms with van der Waals surface area (Å²) < 4.78 is 13.2. The number of aromatic nitrogens is 2. The number of carboxylic acid groups (broad SMARTS) is 1. The number of benzene rings is 2. The average Bonchev–Trinajstić information content (AvgIpc) is 3.52. The van der Waals surface area contributed by atoms with Crippen LogP contribution in [0.25, 0.3) is 32.2 Å². The normalized spacial score (nSPS) is 16.9. The number of carboxylic acids is 1. The van der Waals surface area contributed by atoms with E-state index in [-0.39, 0.29) is 0 Å². The van der Waals surface area contributed by atoms with Gasteiger partial charge in [0.2, 0.25) is 0 Å². The molecule has 0 spiro atoms. The Morgan fingerprint density at radius 3 is 2.73 bits per heavy atom. The standard InChI is InChI=1S/C30H32N2O4S/c1-16-15-20-27(37-28(32-20)18-7-5-6-8-18)24(22(16)26(29(33)34)36-30(2,3)4)19-9-10-21-23-17(12-14-35-21)11-13-31-25(19)23/h9-11,13,15,18,26H,5-8,12,14H2,1-4H3,(H,33,34). The molecule has 0 radical (unpaired) electrons. The average molecular weight is 517 g/mol. The monoisotopic (exact) mass is 516 g/mol. The zero-order chi connectivity index (χ0) is 25.9. The SMILES string of the molecule is Cc1cc2nc(C3CCCC3)sc2c(-c2ccc3c4c(ccnc24)CCO3)c1C(OC(C)(C)C)C(=O)O. The van der Waals surface area contributed by atoms with Crippen LogP contribution in [0.15, 0.2) is 30.5 Å². The van der Waals surface area contributed by atoms with Crippen molar-refractivity contribution in [3.8, 4) is 16.9 Å². The van der Waals surface area contributed by atoms with E-state index < -0.39 is 17.7 Å². The number of aryl methyl sites for hydroxylation is 1. The molecule has 37 heavy (non-hydrogen) atoms. The molecule has 1 fully saturated rings. The van der Waals surface area contributed by atoms with Crippen LogP contribution in [0.3, 0.4) is 0 Å². The molecule has 1 unspecified atom stereocenters. The highest BCUT2D eigenvalue weighted by Gasteiger charge is 2.34. The summed E-state index contributed by atoms with van der Waals surface area (Å²) in [6, 6.07) is 8.12. The maximum atomic E-state index is 12.7. The van der Waals surface area contributed by atoms with E-state index in [2.05, 4.69) is 6.07 Å². The first-order valence-corrected chi connectivity index (χ1v) is 13.9. The molecule has 1 aliphatic heterocycles. The van der Waals surface area contributed by atoms with Crippen LogP contribution < -0.4 is 4.74 Å². The summed E-state index contributed by atoms with van der Waals surface area (Å²) in [6.45, 7) is 8.29. The van der Waals surface area contributed by atoms with Crippen LogP contribution >= 0.6 is 11.3 Å². The van der Waals surface area contributed by atoms with Gasteiger partial charge in [-0.25, -0.2) is 9.78 Å². The first-order valence-electron chi connectivity index (χ1n) is 13.1. The second kappa shape index (κ2) is 9.07. The molecule has 0 amide bonds. The van der Waals surface area contributed by atoms with Crippen LogP contribution in [0.2, 0.25) is 0 Å². The highest BCUT2D eigenvalue weighted by Crippen LogP contribution is 2.48. The van der Waals surface area contributed by atoms with Crippen molar-refractivity contribution in [3.63, 3.8) is 0 Å². The molecule has 7 heteroatoms. The Bertz CT molecular complexity index is 1520. The zero-order valence-electron chi connectivity index (χ0n) is 21.8. The summed E-state index contributed by atoms with van der Waals surface area (Å²) in [5.74, 6) is 0.298. The molecule has 1 N–H and O–H groups in total. The van der Waals surface area contributed by atoms with Gasteiger partial charge in [-0.1, -0.05) is 12.8 Å². The summed E-state index contributed by atoms with van der Waals surface area (Å²) in [6.07, 6.45) is 6.33. The van der Waals surface area contributed by atoms with Crippen LogP contribution in [0.4, 0.5) is 0 Å². The van der Waals surface area contributed by atoms with E-state index in [0.29, 0.717) is 18.1 Å². The first kappa shape index (κ1) is 24.3. The molecule has 6 nitrogen and oxygen atoms in total. The van der Waals surface area contributed by atoms with Gasteiger partial charge in [0.1, 0.15) is 5.75 Å². The van der Waals surface area contributed by atoms with Crippen LogP contribution in [0, 0.1) is 6.92 Å². The van der Waals surface area contributed by atoms with Crippen molar-refractivity contribution >= 4 is 38.4 Å². The van der Waals surface area contributed by atoms with Crippen molar-refractivity contribution in [2.75, 3.05) is 6.61 Å². The fourth-order valence-corrected chi connectivity index (χ4v) is 7.16. The van der Waals surface area contributed by atoms with Gasteiger partial charge in [-0.15, -0.1) is 11.3 Å². The third kappa shape index (κ3) is 4.28. The molecular formula is C30H32N2O4S. The van der Waals surface area contributed by atoms with Crippen molar-refractivity contribution in [1.82, 2.24) is 9.97 Å². The number of nitrogens with zero attached hydrogens (tertiary/aromatic N) is 2. The maximum absolute atomic E-state index is 12.7. The number of fused-ring (bicyclic) bond motifs is 1. The van der Waals surface area contributed by atoms with E-state index >= 15 is 0 Å². The molecule has 1 aliphatic carbocycles. The number of carbonyl (C=O) groups is 1. The van der Waals surface area contributed by atoms with Crippen LogP contribution in [-0.2, 0) is 16.0 Å². The summed E-state index contributed by atoms with van der Waals surface area (Å²) >= 11 is 1.70. The maximum Gasteiger partial charge on any atom is 0.337 e. The molecule has 6 rings (SSSR count).